The van der Waals surface area contributed by atoms with Crippen molar-refractivity contribution >= 4 is 35.6 Å². The van der Waals surface area contributed by atoms with Gasteiger partial charge in [0, 0.05) is 31.3 Å². The van der Waals surface area contributed by atoms with Crippen molar-refractivity contribution in [2.75, 3.05) is 29.9 Å². The van der Waals surface area contributed by atoms with E-state index in [0.717, 1.165) is 49.4 Å². The Kier molecular flexibility index (Phi) is 6.02. The van der Waals surface area contributed by atoms with Crippen LogP contribution in [-0.2, 0) is 16.0 Å². The molecule has 2 heterocycles. The fourth-order valence-corrected chi connectivity index (χ4v) is 3.33. The number of rotatable bonds is 4. The van der Waals surface area contributed by atoms with Crippen LogP contribution < -0.4 is 15.5 Å². The summed E-state index contributed by atoms with van der Waals surface area (Å²) in [5.74, 6) is 0.781. The number of hydrogen-bond acceptors (Lipinski definition) is 3. The zero-order valence-electron chi connectivity index (χ0n) is 13.4. The topological polar surface area (TPSA) is 61.4 Å². The number of carbonyl (C=O) groups is 2. The van der Waals surface area contributed by atoms with E-state index >= 15 is 0 Å². The van der Waals surface area contributed by atoms with Gasteiger partial charge in [-0.05, 0) is 62.0 Å². The number of benzene rings is 1. The van der Waals surface area contributed by atoms with Crippen LogP contribution in [0.25, 0.3) is 0 Å². The molecule has 0 aliphatic carbocycles. The second kappa shape index (κ2) is 7.79. The molecule has 0 radical (unpaired) electrons. The predicted molar refractivity (Wildman–Crippen MR) is 94.3 cm³/mol. The molecule has 3 rings (SSSR count). The van der Waals surface area contributed by atoms with E-state index in [4.69, 9.17) is 0 Å². The number of carbonyl (C=O) groups excluding carboxylic acids is 2. The van der Waals surface area contributed by atoms with Crippen molar-refractivity contribution in [2.24, 2.45) is 5.92 Å². The maximum absolute atomic E-state index is 12.0. The van der Waals surface area contributed by atoms with Gasteiger partial charge in [0.25, 0.3) is 0 Å². The SMILES string of the molecule is CC(=O)N1CCc2cc(NC(=O)CCC3CCNC3)ccc21.Cl. The van der Waals surface area contributed by atoms with Gasteiger partial charge >= 0.3 is 0 Å². The number of anilines is 2. The second-order valence-corrected chi connectivity index (χ2v) is 6.21. The second-order valence-electron chi connectivity index (χ2n) is 6.21. The van der Waals surface area contributed by atoms with Gasteiger partial charge in [-0.3, -0.25) is 9.59 Å². The molecule has 2 aliphatic rings. The molecule has 6 heteroatoms. The van der Waals surface area contributed by atoms with Crippen LogP contribution in [0.15, 0.2) is 18.2 Å². The third-order valence-corrected chi connectivity index (χ3v) is 4.58. The number of nitrogens with zero attached hydrogens (tertiary/aromatic N) is 1. The molecule has 2 amide bonds. The number of nitrogens with one attached hydrogen (secondary N) is 2. The Morgan fingerprint density at radius 1 is 1.39 bits per heavy atom. The van der Waals surface area contributed by atoms with Crippen molar-refractivity contribution < 1.29 is 9.59 Å². The summed E-state index contributed by atoms with van der Waals surface area (Å²) in [6.45, 7) is 4.43. The molecule has 1 aromatic carbocycles. The van der Waals surface area contributed by atoms with Gasteiger partial charge in [0.2, 0.25) is 11.8 Å². The molecule has 1 fully saturated rings. The summed E-state index contributed by atoms with van der Waals surface area (Å²) in [5, 5.41) is 6.30. The monoisotopic (exact) mass is 337 g/mol. The number of hydrogen-bond donors (Lipinski definition) is 2. The van der Waals surface area contributed by atoms with E-state index in [1.165, 1.54) is 6.42 Å². The minimum absolute atomic E-state index is 0. The molecule has 2 aliphatic heterocycles. The third kappa shape index (κ3) is 4.24. The summed E-state index contributed by atoms with van der Waals surface area (Å²) in [5.41, 5.74) is 2.94. The molecule has 0 spiro atoms. The molecular formula is C17H24ClN3O2. The Labute approximate surface area is 143 Å². The van der Waals surface area contributed by atoms with Crippen LogP contribution in [0.2, 0.25) is 0 Å². The van der Waals surface area contributed by atoms with Crippen LogP contribution in [0.1, 0.15) is 31.7 Å². The lowest BCUT2D eigenvalue weighted by Crippen LogP contribution is -2.25. The van der Waals surface area contributed by atoms with Crippen LogP contribution in [0.3, 0.4) is 0 Å². The molecule has 1 aromatic rings. The standard InChI is InChI=1S/C17H23N3O2.ClH/c1-12(21)20-9-7-14-10-15(3-4-16(14)20)19-17(22)5-2-13-6-8-18-11-13;/h3-4,10,13,18H,2,5-9,11H2,1H3,(H,19,22);1H. The highest BCUT2D eigenvalue weighted by Gasteiger charge is 2.22. The summed E-state index contributed by atoms with van der Waals surface area (Å²) in [4.78, 5) is 25.4. The van der Waals surface area contributed by atoms with Crippen molar-refractivity contribution in [1.29, 1.82) is 0 Å². The van der Waals surface area contributed by atoms with E-state index in [1.54, 1.807) is 11.8 Å². The Morgan fingerprint density at radius 3 is 2.91 bits per heavy atom. The first-order chi connectivity index (χ1) is 10.6. The summed E-state index contributed by atoms with van der Waals surface area (Å²) < 4.78 is 0. The molecule has 126 valence electrons. The molecule has 23 heavy (non-hydrogen) atoms. The highest BCUT2D eigenvalue weighted by Crippen LogP contribution is 2.30. The fourth-order valence-electron chi connectivity index (χ4n) is 3.33. The van der Waals surface area contributed by atoms with E-state index in [-0.39, 0.29) is 24.2 Å². The minimum atomic E-state index is 0. The first kappa shape index (κ1) is 17.8. The van der Waals surface area contributed by atoms with Gasteiger partial charge < -0.3 is 15.5 Å². The molecule has 1 atom stereocenters. The molecule has 0 aromatic heterocycles. The molecule has 2 N–H and O–H groups in total. The largest absolute Gasteiger partial charge is 0.326 e. The summed E-state index contributed by atoms with van der Waals surface area (Å²) >= 11 is 0. The number of halogens is 1. The normalized spacial score (nSPS) is 19.2. The minimum Gasteiger partial charge on any atom is -0.326 e. The van der Waals surface area contributed by atoms with Crippen LogP contribution in [0.4, 0.5) is 11.4 Å². The Balaban J connectivity index is 0.00000192. The van der Waals surface area contributed by atoms with Crippen molar-refractivity contribution in [3.05, 3.63) is 23.8 Å². The van der Waals surface area contributed by atoms with Gasteiger partial charge in [0.1, 0.15) is 0 Å². The molecule has 1 saturated heterocycles. The summed E-state index contributed by atoms with van der Waals surface area (Å²) in [7, 11) is 0. The highest BCUT2D eigenvalue weighted by atomic mass is 35.5. The third-order valence-electron chi connectivity index (χ3n) is 4.58. The maximum atomic E-state index is 12.0. The molecule has 1 unspecified atom stereocenters. The summed E-state index contributed by atoms with van der Waals surface area (Å²) in [6.07, 6.45) is 3.55. The van der Waals surface area contributed by atoms with Gasteiger partial charge in [-0.25, -0.2) is 0 Å². The predicted octanol–water partition coefficient (Wildman–Crippen LogP) is 2.35. The zero-order valence-corrected chi connectivity index (χ0v) is 14.2. The van der Waals surface area contributed by atoms with Crippen LogP contribution in [0.5, 0.6) is 0 Å². The summed E-state index contributed by atoms with van der Waals surface area (Å²) in [6, 6.07) is 5.81. The lowest BCUT2D eigenvalue weighted by atomic mass is 10.0. The van der Waals surface area contributed by atoms with Crippen molar-refractivity contribution in [3.63, 3.8) is 0 Å². The van der Waals surface area contributed by atoms with Gasteiger partial charge in [-0.2, -0.15) is 0 Å². The van der Waals surface area contributed by atoms with Gasteiger partial charge in [0.15, 0.2) is 0 Å². The van der Waals surface area contributed by atoms with E-state index in [1.807, 2.05) is 18.2 Å². The smallest absolute Gasteiger partial charge is 0.224 e. The van der Waals surface area contributed by atoms with Crippen LogP contribution >= 0.6 is 12.4 Å². The van der Waals surface area contributed by atoms with Crippen LogP contribution in [-0.4, -0.2) is 31.4 Å². The average Bonchev–Trinajstić information content (AvgIpc) is 3.14. The van der Waals surface area contributed by atoms with Crippen molar-refractivity contribution in [2.45, 2.75) is 32.6 Å². The molecule has 0 bridgehead atoms. The average molecular weight is 338 g/mol. The van der Waals surface area contributed by atoms with Crippen molar-refractivity contribution in [1.82, 2.24) is 5.32 Å². The lowest BCUT2D eigenvalue weighted by molar-refractivity contribution is -0.117. The van der Waals surface area contributed by atoms with Gasteiger partial charge in [-0.15, -0.1) is 12.4 Å². The Morgan fingerprint density at radius 2 is 2.22 bits per heavy atom. The Bertz CT molecular complexity index is 585. The van der Waals surface area contributed by atoms with Gasteiger partial charge in [0.05, 0.1) is 0 Å². The molecule has 0 saturated carbocycles. The van der Waals surface area contributed by atoms with Gasteiger partial charge in [-0.1, -0.05) is 0 Å². The fraction of sp³-hybridized carbons (Fsp3) is 0.529. The molecule has 5 nitrogen and oxygen atoms in total. The molecular weight excluding hydrogens is 314 g/mol. The first-order valence-electron chi connectivity index (χ1n) is 8.05. The number of fused-ring (bicyclic) bond motifs is 1. The first-order valence-corrected chi connectivity index (χ1v) is 8.05. The zero-order chi connectivity index (χ0) is 15.5. The Hall–Kier alpha value is -1.59. The van der Waals surface area contributed by atoms with E-state index < -0.39 is 0 Å². The van der Waals surface area contributed by atoms with E-state index in [2.05, 4.69) is 10.6 Å². The highest BCUT2D eigenvalue weighted by molar-refractivity contribution is 5.95. The quantitative estimate of drug-likeness (QED) is 0.886. The lowest BCUT2D eigenvalue weighted by Gasteiger charge is -2.15. The maximum Gasteiger partial charge on any atom is 0.224 e. The number of amides is 2. The van der Waals surface area contributed by atoms with Crippen LogP contribution in [0, 0.1) is 5.92 Å². The van der Waals surface area contributed by atoms with E-state index in [9.17, 15) is 9.59 Å². The van der Waals surface area contributed by atoms with Crippen molar-refractivity contribution in [3.8, 4) is 0 Å². The van der Waals surface area contributed by atoms with E-state index in [0.29, 0.717) is 12.3 Å².